The Balaban J connectivity index is 1.94. The minimum atomic E-state index is -0.594. The molecule has 6 heteroatoms. The second kappa shape index (κ2) is 11.0. The van der Waals surface area contributed by atoms with Gasteiger partial charge in [-0.2, -0.15) is 0 Å². The number of benzene rings is 1. The Morgan fingerprint density at radius 2 is 2.00 bits per heavy atom. The van der Waals surface area contributed by atoms with Crippen LogP contribution in [0.2, 0.25) is 0 Å². The fourth-order valence-corrected chi connectivity index (χ4v) is 3.22. The van der Waals surface area contributed by atoms with Gasteiger partial charge in [-0.05, 0) is 24.3 Å². The first-order valence-electron chi connectivity index (χ1n) is 9.84. The number of nitrogens with zero attached hydrogens (tertiary/aromatic N) is 1. The Bertz CT molecular complexity index is 646. The molecular weight excluding hydrogens is 358 g/mol. The number of hydrogen-bond donors (Lipinski definition) is 0. The van der Waals surface area contributed by atoms with Gasteiger partial charge in [0.05, 0.1) is 24.9 Å². The van der Waals surface area contributed by atoms with E-state index in [-0.39, 0.29) is 43.3 Å². The van der Waals surface area contributed by atoms with E-state index in [0.29, 0.717) is 19.4 Å². The molecule has 1 fully saturated rings. The van der Waals surface area contributed by atoms with Gasteiger partial charge in [0.1, 0.15) is 13.2 Å². The second-order valence-electron chi connectivity index (χ2n) is 7.27. The van der Waals surface area contributed by atoms with Crippen molar-refractivity contribution in [1.29, 1.82) is 0 Å². The molecule has 1 saturated heterocycles. The summed E-state index contributed by atoms with van der Waals surface area (Å²) >= 11 is 0. The monoisotopic (exact) mass is 389 g/mol. The maximum Gasteiger partial charge on any atom is 0.417 e. The third kappa shape index (κ3) is 5.91. The summed E-state index contributed by atoms with van der Waals surface area (Å²) in [5, 5.41) is 0. The van der Waals surface area contributed by atoms with Crippen molar-refractivity contribution in [3.63, 3.8) is 0 Å². The molecule has 3 atom stereocenters. The lowest BCUT2D eigenvalue weighted by atomic mass is 10.0. The number of carbonyl (C=O) groups is 2. The summed E-state index contributed by atoms with van der Waals surface area (Å²) < 4.78 is 17.0. The molecule has 1 aliphatic rings. The van der Waals surface area contributed by atoms with Gasteiger partial charge >= 0.3 is 6.09 Å². The molecule has 1 aromatic rings. The van der Waals surface area contributed by atoms with Crippen molar-refractivity contribution in [2.75, 3.05) is 13.2 Å². The Kier molecular flexibility index (Phi) is 8.67. The number of ether oxygens (including phenoxy) is 3. The van der Waals surface area contributed by atoms with E-state index in [0.717, 1.165) is 5.56 Å². The van der Waals surface area contributed by atoms with Crippen LogP contribution in [0.5, 0.6) is 0 Å². The van der Waals surface area contributed by atoms with Gasteiger partial charge in [-0.3, -0.25) is 4.79 Å². The topological polar surface area (TPSA) is 65.1 Å². The van der Waals surface area contributed by atoms with Crippen molar-refractivity contribution in [2.24, 2.45) is 5.92 Å². The van der Waals surface area contributed by atoms with Gasteiger partial charge < -0.3 is 14.2 Å². The van der Waals surface area contributed by atoms with Crippen LogP contribution in [0.3, 0.4) is 0 Å². The van der Waals surface area contributed by atoms with Crippen LogP contribution in [0.4, 0.5) is 4.79 Å². The van der Waals surface area contributed by atoms with Crippen LogP contribution < -0.4 is 0 Å². The molecule has 28 heavy (non-hydrogen) atoms. The van der Waals surface area contributed by atoms with Crippen LogP contribution in [0, 0.1) is 5.92 Å². The Morgan fingerprint density at radius 3 is 2.61 bits per heavy atom. The third-order valence-electron chi connectivity index (χ3n) is 4.89. The third-order valence-corrected chi connectivity index (χ3v) is 4.89. The second-order valence-corrected chi connectivity index (χ2v) is 7.27. The Labute approximate surface area is 167 Å². The molecular formula is C22H31NO5. The Hall–Kier alpha value is -2.18. The number of amides is 2. The maximum absolute atomic E-state index is 12.6. The largest absolute Gasteiger partial charge is 0.447 e. The van der Waals surface area contributed by atoms with Gasteiger partial charge in [0.2, 0.25) is 0 Å². The van der Waals surface area contributed by atoms with Crippen LogP contribution in [0.1, 0.15) is 39.2 Å². The molecule has 0 aliphatic carbocycles. The SMILES string of the molecule is C=CC[C@@H](OCc1ccccc1)[C@H](CC)OCC(=O)N1C(=O)OC[C@H]1C(C)C. The molecule has 2 rings (SSSR count). The van der Waals surface area contributed by atoms with Crippen molar-refractivity contribution >= 4 is 12.0 Å². The fourth-order valence-electron chi connectivity index (χ4n) is 3.22. The molecule has 0 radical (unpaired) electrons. The molecule has 0 spiro atoms. The van der Waals surface area contributed by atoms with Gasteiger partial charge in [0, 0.05) is 0 Å². The zero-order valence-corrected chi connectivity index (χ0v) is 17.0. The van der Waals surface area contributed by atoms with Crippen LogP contribution >= 0.6 is 0 Å². The maximum atomic E-state index is 12.6. The highest BCUT2D eigenvalue weighted by Gasteiger charge is 2.39. The zero-order valence-electron chi connectivity index (χ0n) is 17.0. The highest BCUT2D eigenvalue weighted by molar-refractivity contribution is 5.94. The summed E-state index contributed by atoms with van der Waals surface area (Å²) in [6.45, 7) is 10.2. The minimum Gasteiger partial charge on any atom is -0.447 e. The summed E-state index contributed by atoms with van der Waals surface area (Å²) in [6.07, 6.45) is 1.99. The Morgan fingerprint density at radius 1 is 1.29 bits per heavy atom. The van der Waals surface area contributed by atoms with Crippen LogP contribution in [-0.4, -0.2) is 48.4 Å². The van der Waals surface area contributed by atoms with Crippen molar-refractivity contribution in [1.82, 2.24) is 4.90 Å². The van der Waals surface area contributed by atoms with Gasteiger partial charge in [-0.15, -0.1) is 6.58 Å². The predicted octanol–water partition coefficient (Wildman–Crippen LogP) is 3.95. The lowest BCUT2D eigenvalue weighted by Gasteiger charge is -2.27. The normalized spacial score (nSPS) is 18.8. The molecule has 0 unspecified atom stereocenters. The van der Waals surface area contributed by atoms with Crippen LogP contribution in [-0.2, 0) is 25.6 Å². The lowest BCUT2D eigenvalue weighted by molar-refractivity contribution is -0.141. The minimum absolute atomic E-state index is 0.125. The summed E-state index contributed by atoms with van der Waals surface area (Å²) in [4.78, 5) is 25.7. The van der Waals surface area contributed by atoms with Gasteiger partial charge in [0.15, 0.2) is 0 Å². The molecule has 0 bridgehead atoms. The van der Waals surface area contributed by atoms with Gasteiger partial charge in [0.25, 0.3) is 5.91 Å². The van der Waals surface area contributed by atoms with Crippen molar-refractivity contribution in [2.45, 2.75) is 58.5 Å². The molecule has 2 amide bonds. The number of cyclic esters (lactones) is 1. The van der Waals surface area contributed by atoms with Crippen molar-refractivity contribution < 1.29 is 23.8 Å². The smallest absolute Gasteiger partial charge is 0.417 e. The summed E-state index contributed by atoms with van der Waals surface area (Å²) in [5.41, 5.74) is 1.07. The first-order valence-corrected chi connectivity index (χ1v) is 9.84. The summed E-state index contributed by atoms with van der Waals surface area (Å²) in [6, 6.07) is 9.65. The van der Waals surface area contributed by atoms with E-state index in [1.807, 2.05) is 51.1 Å². The number of rotatable bonds is 11. The number of imide groups is 1. The first kappa shape index (κ1) is 22.1. The first-order chi connectivity index (χ1) is 13.5. The lowest BCUT2D eigenvalue weighted by Crippen LogP contribution is -2.44. The van der Waals surface area contributed by atoms with E-state index < -0.39 is 6.09 Å². The van der Waals surface area contributed by atoms with Gasteiger partial charge in [-0.25, -0.2) is 9.69 Å². The molecule has 154 valence electrons. The average Bonchev–Trinajstić information content (AvgIpc) is 3.09. The molecule has 1 aromatic carbocycles. The number of hydrogen-bond acceptors (Lipinski definition) is 5. The zero-order chi connectivity index (χ0) is 20.5. The standard InChI is InChI=1S/C22H31NO5/c1-5-10-20(26-13-17-11-8-7-9-12-17)19(6-2)27-15-21(24)23-18(16(3)4)14-28-22(23)25/h5,7-9,11-12,16,18-20H,1,6,10,13-15H2,2-4H3/t18-,19-,20+/m0/s1. The molecule has 0 N–H and O–H groups in total. The van der Waals surface area contributed by atoms with E-state index in [1.54, 1.807) is 6.08 Å². The van der Waals surface area contributed by atoms with E-state index in [4.69, 9.17) is 14.2 Å². The highest BCUT2D eigenvalue weighted by atomic mass is 16.6. The summed E-state index contributed by atoms with van der Waals surface area (Å²) in [5.74, 6) is -0.250. The fraction of sp³-hybridized carbons (Fsp3) is 0.545. The summed E-state index contributed by atoms with van der Waals surface area (Å²) in [7, 11) is 0. The highest BCUT2D eigenvalue weighted by Crippen LogP contribution is 2.21. The molecule has 1 heterocycles. The average molecular weight is 389 g/mol. The van der Waals surface area contributed by atoms with E-state index >= 15 is 0 Å². The van der Waals surface area contributed by atoms with E-state index in [2.05, 4.69) is 6.58 Å². The van der Waals surface area contributed by atoms with Gasteiger partial charge in [-0.1, -0.05) is 57.2 Å². The quantitative estimate of drug-likeness (QED) is 0.536. The molecule has 6 nitrogen and oxygen atoms in total. The molecule has 0 aromatic heterocycles. The van der Waals surface area contributed by atoms with E-state index in [1.165, 1.54) is 4.90 Å². The molecule has 0 saturated carbocycles. The van der Waals surface area contributed by atoms with Crippen molar-refractivity contribution in [3.8, 4) is 0 Å². The van der Waals surface area contributed by atoms with E-state index in [9.17, 15) is 9.59 Å². The predicted molar refractivity (Wildman–Crippen MR) is 107 cm³/mol. The molecule has 1 aliphatic heterocycles. The number of carbonyl (C=O) groups excluding carboxylic acids is 2. The van der Waals surface area contributed by atoms with Crippen molar-refractivity contribution in [3.05, 3.63) is 48.6 Å². The van der Waals surface area contributed by atoms with Crippen LogP contribution in [0.15, 0.2) is 43.0 Å². The van der Waals surface area contributed by atoms with Crippen LogP contribution in [0.25, 0.3) is 0 Å².